The average molecular weight is 521 g/mol. The van der Waals surface area contributed by atoms with Crippen LogP contribution in [-0.4, -0.2) is 32.8 Å². The van der Waals surface area contributed by atoms with E-state index in [9.17, 15) is 14.3 Å². The third kappa shape index (κ3) is 5.56. The summed E-state index contributed by atoms with van der Waals surface area (Å²) in [6, 6.07) is 15.6. The van der Waals surface area contributed by atoms with Gasteiger partial charge in [-0.25, -0.2) is 4.39 Å². The molecule has 0 fully saturated rings. The van der Waals surface area contributed by atoms with Crippen LogP contribution < -0.4 is 15.0 Å². The second kappa shape index (κ2) is 12.1. The quantitative estimate of drug-likeness (QED) is 0.261. The summed E-state index contributed by atoms with van der Waals surface area (Å²) in [6.07, 6.45) is 3.44. The van der Waals surface area contributed by atoms with Crippen LogP contribution in [0.4, 0.5) is 4.39 Å². The summed E-state index contributed by atoms with van der Waals surface area (Å²) in [5.74, 6) is 0.265. The molecule has 10 heteroatoms. The first-order chi connectivity index (χ1) is 18.5. The fourth-order valence-electron chi connectivity index (χ4n) is 4.08. The molecule has 4 aromatic rings. The molecule has 2 aromatic carbocycles. The predicted molar refractivity (Wildman–Crippen MR) is 137 cm³/mol. The summed E-state index contributed by atoms with van der Waals surface area (Å²) in [5.41, 5.74) is 2.71. The number of halogens is 1. The second-order valence-corrected chi connectivity index (χ2v) is 8.12. The number of pyridine rings is 2. The minimum absolute atomic E-state index is 0.0356. The van der Waals surface area contributed by atoms with Gasteiger partial charge in [-0.05, 0) is 30.2 Å². The first kappa shape index (κ1) is 26.5. The molecular formula is C28H25FN2O7. The number of benzene rings is 2. The number of aromatic nitrogens is 2. The Morgan fingerprint density at radius 1 is 1.13 bits per heavy atom. The maximum atomic E-state index is 13.5. The van der Waals surface area contributed by atoms with Crippen LogP contribution >= 0.6 is 0 Å². The van der Waals surface area contributed by atoms with Crippen LogP contribution in [0.25, 0.3) is 17.2 Å². The molecule has 0 saturated heterocycles. The van der Waals surface area contributed by atoms with Crippen molar-refractivity contribution in [1.82, 2.24) is 9.55 Å². The molecule has 0 radical (unpaired) electrons. The molecule has 196 valence electrons. The number of ether oxygens (including phenoxy) is 3. The van der Waals surface area contributed by atoms with Crippen molar-refractivity contribution >= 4 is 23.7 Å². The molecule has 1 aliphatic heterocycles. The van der Waals surface area contributed by atoms with Gasteiger partial charge in [0.2, 0.25) is 0 Å². The Morgan fingerprint density at radius 3 is 2.53 bits per heavy atom. The van der Waals surface area contributed by atoms with Gasteiger partial charge < -0.3 is 24.4 Å². The minimum Gasteiger partial charge on any atom is -0.486 e. The number of aliphatic hydroxyl groups is 1. The number of carboxylic acid groups (broad SMARTS) is 1. The maximum Gasteiger partial charge on any atom is 0.290 e. The summed E-state index contributed by atoms with van der Waals surface area (Å²) in [4.78, 5) is 26.5. The molecular weight excluding hydrogens is 495 g/mol. The van der Waals surface area contributed by atoms with Gasteiger partial charge in [-0.2, -0.15) is 0 Å². The number of nitrogens with zero attached hydrogens (tertiary/aromatic N) is 2. The lowest BCUT2D eigenvalue weighted by atomic mass is 10.0. The summed E-state index contributed by atoms with van der Waals surface area (Å²) in [6.45, 7) is 1.84. The summed E-state index contributed by atoms with van der Waals surface area (Å²) >= 11 is 0. The molecule has 38 heavy (non-hydrogen) atoms. The standard InChI is InChI=1S/C27H23FN2O5.CH2O2/c1-2-33-27(32)21-25(35-16-18-6-4-3-5-7-18)22-23-24(34-13-12-30(23)26(21)31)19(15-29-22)14-17-8-10-20(28)11-9-17;2-1-3/h3-13,15,27,32H,2,14,16H2,1H3;1H,(H,2,3). The van der Waals surface area contributed by atoms with Crippen LogP contribution in [0.1, 0.15) is 35.5 Å². The van der Waals surface area contributed by atoms with Crippen molar-refractivity contribution in [3.63, 3.8) is 0 Å². The topological polar surface area (TPSA) is 120 Å². The minimum atomic E-state index is -1.49. The van der Waals surface area contributed by atoms with Gasteiger partial charge in [-0.15, -0.1) is 0 Å². The van der Waals surface area contributed by atoms with E-state index in [1.54, 1.807) is 25.3 Å². The Hall–Kier alpha value is -4.54. The summed E-state index contributed by atoms with van der Waals surface area (Å²) in [5, 5.41) is 17.6. The molecule has 9 nitrogen and oxygen atoms in total. The normalized spacial score (nSPS) is 12.3. The molecule has 0 saturated carbocycles. The van der Waals surface area contributed by atoms with Gasteiger partial charge in [0.05, 0.1) is 0 Å². The summed E-state index contributed by atoms with van der Waals surface area (Å²) in [7, 11) is 0. The Morgan fingerprint density at radius 2 is 1.84 bits per heavy atom. The molecule has 2 aromatic heterocycles. The Kier molecular flexibility index (Phi) is 8.47. The van der Waals surface area contributed by atoms with E-state index in [0.717, 1.165) is 11.1 Å². The highest BCUT2D eigenvalue weighted by Gasteiger charge is 2.29. The zero-order valence-corrected chi connectivity index (χ0v) is 20.4. The summed E-state index contributed by atoms with van der Waals surface area (Å²) < 4.78 is 32.0. The molecule has 1 unspecified atom stereocenters. The number of hydrogen-bond donors (Lipinski definition) is 2. The van der Waals surface area contributed by atoms with Gasteiger partial charge in [0.1, 0.15) is 35.3 Å². The van der Waals surface area contributed by atoms with Gasteiger partial charge in [0, 0.05) is 31.0 Å². The van der Waals surface area contributed by atoms with Gasteiger partial charge in [-0.3, -0.25) is 19.1 Å². The van der Waals surface area contributed by atoms with Gasteiger partial charge in [-0.1, -0.05) is 42.5 Å². The maximum absolute atomic E-state index is 13.5. The van der Waals surface area contributed by atoms with E-state index < -0.39 is 11.8 Å². The zero-order valence-electron chi connectivity index (χ0n) is 20.4. The van der Waals surface area contributed by atoms with E-state index in [1.807, 2.05) is 30.3 Å². The van der Waals surface area contributed by atoms with Crippen molar-refractivity contribution in [1.29, 1.82) is 0 Å². The number of carbonyl (C=O) groups is 1. The van der Waals surface area contributed by atoms with Gasteiger partial charge in [0.15, 0.2) is 17.8 Å². The van der Waals surface area contributed by atoms with E-state index in [-0.39, 0.29) is 36.8 Å². The SMILES string of the molecule is CCOC(O)c1c(OCc2ccccc2)c2ncc(Cc3ccc(F)cc3)c3c2n(c1=O)C=CO3.O=CO. The number of aliphatic hydroxyl groups excluding tert-OH is 1. The molecule has 3 heterocycles. The predicted octanol–water partition coefficient (Wildman–Crippen LogP) is 4.25. The van der Waals surface area contributed by atoms with Crippen molar-refractivity contribution in [3.05, 3.63) is 105 Å². The molecule has 0 spiro atoms. The molecule has 5 rings (SSSR count). The lowest BCUT2D eigenvalue weighted by Crippen LogP contribution is -2.27. The third-order valence-corrected chi connectivity index (χ3v) is 5.73. The Bertz CT molecular complexity index is 1500. The molecule has 0 amide bonds. The Balaban J connectivity index is 0.00000107. The first-order valence-electron chi connectivity index (χ1n) is 11.7. The van der Waals surface area contributed by atoms with Crippen LogP contribution in [0.2, 0.25) is 0 Å². The van der Waals surface area contributed by atoms with Crippen LogP contribution in [0.5, 0.6) is 11.5 Å². The fourth-order valence-corrected chi connectivity index (χ4v) is 4.08. The van der Waals surface area contributed by atoms with Gasteiger partial charge in [0.25, 0.3) is 12.0 Å². The molecule has 2 N–H and O–H groups in total. The van der Waals surface area contributed by atoms with Crippen molar-refractivity contribution < 1.29 is 33.6 Å². The zero-order chi connectivity index (χ0) is 27.1. The number of rotatable bonds is 8. The van der Waals surface area contributed by atoms with Gasteiger partial charge >= 0.3 is 0 Å². The van der Waals surface area contributed by atoms with Crippen LogP contribution in [0, 0.1) is 5.82 Å². The highest BCUT2D eigenvalue weighted by Crippen LogP contribution is 2.39. The lowest BCUT2D eigenvalue weighted by molar-refractivity contribution is -0.122. The van der Waals surface area contributed by atoms with Crippen LogP contribution in [-0.2, 0) is 22.6 Å². The largest absolute Gasteiger partial charge is 0.486 e. The number of hydrogen-bond acceptors (Lipinski definition) is 7. The molecule has 0 aliphatic carbocycles. The van der Waals surface area contributed by atoms with Crippen molar-refractivity contribution in [3.8, 4) is 11.5 Å². The molecule has 1 atom stereocenters. The smallest absolute Gasteiger partial charge is 0.290 e. The van der Waals surface area contributed by atoms with Crippen molar-refractivity contribution in [2.45, 2.75) is 26.2 Å². The average Bonchev–Trinajstić information content (AvgIpc) is 2.93. The van der Waals surface area contributed by atoms with Crippen LogP contribution in [0.15, 0.2) is 71.9 Å². The lowest BCUT2D eigenvalue weighted by Gasteiger charge is -2.23. The van der Waals surface area contributed by atoms with E-state index in [2.05, 4.69) is 4.98 Å². The first-order valence-corrected chi connectivity index (χ1v) is 11.7. The van der Waals surface area contributed by atoms with Crippen molar-refractivity contribution in [2.24, 2.45) is 0 Å². The van der Waals surface area contributed by atoms with E-state index >= 15 is 0 Å². The highest BCUT2D eigenvalue weighted by atomic mass is 19.1. The third-order valence-electron chi connectivity index (χ3n) is 5.73. The monoisotopic (exact) mass is 520 g/mol. The highest BCUT2D eigenvalue weighted by molar-refractivity contribution is 5.91. The molecule has 0 bridgehead atoms. The van der Waals surface area contributed by atoms with E-state index in [4.69, 9.17) is 24.1 Å². The molecule has 1 aliphatic rings. The van der Waals surface area contributed by atoms with E-state index in [0.29, 0.717) is 28.8 Å². The Labute approximate surface area is 217 Å². The van der Waals surface area contributed by atoms with Crippen LogP contribution in [0.3, 0.4) is 0 Å². The fraction of sp³-hybridized carbons (Fsp3) is 0.179. The van der Waals surface area contributed by atoms with E-state index in [1.165, 1.54) is 29.2 Å². The van der Waals surface area contributed by atoms with Crippen molar-refractivity contribution in [2.75, 3.05) is 6.61 Å². The second-order valence-electron chi connectivity index (χ2n) is 8.12.